The molecule has 0 bridgehead atoms. The molecule has 300 valence electrons. The number of anilines is 3. The van der Waals surface area contributed by atoms with E-state index in [1.165, 1.54) is 77.5 Å². The molecule has 0 spiro atoms. The largest absolute Gasteiger partial charge is 0.456 e. The lowest BCUT2D eigenvalue weighted by Gasteiger charge is -2.29. The van der Waals surface area contributed by atoms with Crippen LogP contribution in [0.15, 0.2) is 217 Å². The molecule has 63 heavy (non-hydrogen) atoms. The molecule has 10 aromatic rings. The first-order valence-corrected chi connectivity index (χ1v) is 22.1. The summed E-state index contributed by atoms with van der Waals surface area (Å²) in [7, 11) is 0. The van der Waals surface area contributed by atoms with E-state index in [0.29, 0.717) is 0 Å². The lowest BCUT2D eigenvalue weighted by atomic mass is 9.78. The third kappa shape index (κ3) is 6.16. The van der Waals surface area contributed by atoms with Crippen LogP contribution >= 0.6 is 0 Å². The van der Waals surface area contributed by atoms with Gasteiger partial charge < -0.3 is 9.32 Å². The summed E-state index contributed by atoms with van der Waals surface area (Å²) in [4.78, 5) is 2.42. The molecule has 0 saturated carbocycles. The Morgan fingerprint density at radius 2 is 1.00 bits per heavy atom. The van der Waals surface area contributed by atoms with Crippen LogP contribution in [0.5, 0.6) is 0 Å². The molecule has 0 saturated heterocycles. The van der Waals surface area contributed by atoms with E-state index in [4.69, 9.17) is 4.42 Å². The summed E-state index contributed by atoms with van der Waals surface area (Å²) in [6.45, 7) is 4.72. The first kappa shape index (κ1) is 37.1. The van der Waals surface area contributed by atoms with Crippen molar-refractivity contribution in [3.63, 3.8) is 0 Å². The molecule has 9 aromatic carbocycles. The van der Waals surface area contributed by atoms with Crippen molar-refractivity contribution in [2.75, 3.05) is 4.90 Å². The minimum absolute atomic E-state index is 0.111. The van der Waals surface area contributed by atoms with Gasteiger partial charge in [0.05, 0.1) is 0 Å². The van der Waals surface area contributed by atoms with Gasteiger partial charge in [0.15, 0.2) is 0 Å². The zero-order chi connectivity index (χ0) is 42.1. The fraction of sp³-hybridized carbons (Fsp3) is 0.0820. The standard InChI is InChI=1S/C61H45NO/c1-61(2)57-25-15-14-23-49(57)50-35-34-47(36-58(50)61)62(45-30-26-41(27-31-45)40-16-6-3-7-17-40)46-32-28-44(29-33-46)53-37-55-56-38-52(42-18-8-4-9-19-42)48-22-12-13-24-51(48)60(56)63-59(55)39-54(53)43-20-10-5-11-21-43/h3-36,38-39,53H,37H2,1-2H3. The lowest BCUT2D eigenvalue weighted by Crippen LogP contribution is -2.16. The Labute approximate surface area is 369 Å². The number of rotatable bonds is 7. The fourth-order valence-corrected chi connectivity index (χ4v) is 10.5. The van der Waals surface area contributed by atoms with E-state index in [0.717, 1.165) is 40.2 Å². The van der Waals surface area contributed by atoms with Crippen LogP contribution in [0.2, 0.25) is 0 Å². The number of nitrogens with zero attached hydrogens (tertiary/aromatic N) is 1. The number of hydrogen-bond acceptors (Lipinski definition) is 2. The van der Waals surface area contributed by atoms with E-state index >= 15 is 0 Å². The summed E-state index contributed by atoms with van der Waals surface area (Å²) in [5, 5.41) is 3.55. The van der Waals surface area contributed by atoms with E-state index in [1.807, 2.05) is 0 Å². The quantitative estimate of drug-likeness (QED) is 0.159. The molecule has 1 aromatic heterocycles. The number of fused-ring (bicyclic) bond motifs is 8. The summed E-state index contributed by atoms with van der Waals surface area (Å²) < 4.78 is 6.90. The van der Waals surface area contributed by atoms with Crippen LogP contribution in [0.1, 0.15) is 53.3 Å². The maximum Gasteiger partial charge on any atom is 0.142 e. The summed E-state index contributed by atoms with van der Waals surface area (Å²) in [5.74, 6) is 1.08. The minimum atomic E-state index is -0.111. The van der Waals surface area contributed by atoms with Gasteiger partial charge in [-0.3, -0.25) is 0 Å². The smallest absolute Gasteiger partial charge is 0.142 e. The van der Waals surface area contributed by atoms with Crippen LogP contribution in [-0.2, 0) is 11.8 Å². The van der Waals surface area contributed by atoms with Crippen molar-refractivity contribution in [1.29, 1.82) is 0 Å². The Balaban J connectivity index is 0.976. The SMILES string of the molecule is CC1(C)c2ccccc2-c2ccc(N(c3ccc(-c4ccccc4)cc3)c3ccc(C4Cc5c(oc6c5cc(-c5ccccc5)c5ccccc56)C=C4c4ccccc4)cc3)cc21. The van der Waals surface area contributed by atoms with E-state index in [-0.39, 0.29) is 11.3 Å². The van der Waals surface area contributed by atoms with E-state index in [2.05, 4.69) is 237 Å². The van der Waals surface area contributed by atoms with Crippen LogP contribution < -0.4 is 4.90 Å². The average Bonchev–Trinajstić information content (AvgIpc) is 3.83. The van der Waals surface area contributed by atoms with Crippen molar-refractivity contribution in [2.45, 2.75) is 31.6 Å². The molecule has 2 aliphatic rings. The Morgan fingerprint density at radius 3 is 1.71 bits per heavy atom. The van der Waals surface area contributed by atoms with Gasteiger partial charge in [-0.15, -0.1) is 0 Å². The van der Waals surface area contributed by atoms with Crippen LogP contribution in [0.4, 0.5) is 17.1 Å². The highest BCUT2D eigenvalue weighted by atomic mass is 16.3. The van der Waals surface area contributed by atoms with Gasteiger partial charge >= 0.3 is 0 Å². The van der Waals surface area contributed by atoms with Gasteiger partial charge in [-0.05, 0) is 122 Å². The number of furan rings is 1. The Hall–Kier alpha value is -7.68. The summed E-state index contributed by atoms with van der Waals surface area (Å²) in [6, 6.07) is 77.6. The van der Waals surface area contributed by atoms with Crippen molar-refractivity contribution < 1.29 is 4.42 Å². The molecule has 1 unspecified atom stereocenters. The second-order valence-corrected chi connectivity index (χ2v) is 17.6. The normalized spacial score (nSPS) is 14.8. The topological polar surface area (TPSA) is 16.4 Å². The van der Waals surface area contributed by atoms with E-state index in [9.17, 15) is 0 Å². The third-order valence-electron chi connectivity index (χ3n) is 13.7. The molecule has 0 radical (unpaired) electrons. The molecular weight excluding hydrogens is 763 g/mol. The van der Waals surface area contributed by atoms with Crippen molar-refractivity contribution >= 4 is 50.5 Å². The zero-order valence-electron chi connectivity index (χ0n) is 35.4. The van der Waals surface area contributed by atoms with Gasteiger partial charge in [-0.2, -0.15) is 0 Å². The van der Waals surface area contributed by atoms with Gasteiger partial charge in [-0.25, -0.2) is 0 Å². The molecule has 0 N–H and O–H groups in total. The summed E-state index contributed by atoms with van der Waals surface area (Å²) in [5.41, 5.74) is 19.5. The van der Waals surface area contributed by atoms with Gasteiger partial charge in [0, 0.05) is 44.7 Å². The van der Waals surface area contributed by atoms with Crippen LogP contribution in [0, 0.1) is 0 Å². The van der Waals surface area contributed by atoms with Crippen molar-refractivity contribution in [2.24, 2.45) is 0 Å². The number of benzene rings is 9. The van der Waals surface area contributed by atoms with Crippen molar-refractivity contribution in [3.8, 4) is 33.4 Å². The van der Waals surface area contributed by atoms with Crippen LogP contribution in [0.3, 0.4) is 0 Å². The average molecular weight is 808 g/mol. The molecule has 12 rings (SSSR count). The second-order valence-electron chi connectivity index (χ2n) is 17.6. The van der Waals surface area contributed by atoms with Gasteiger partial charge in [-0.1, -0.05) is 184 Å². The van der Waals surface area contributed by atoms with Crippen molar-refractivity contribution in [1.82, 2.24) is 0 Å². The molecule has 2 heteroatoms. The van der Waals surface area contributed by atoms with Gasteiger partial charge in [0.25, 0.3) is 0 Å². The minimum Gasteiger partial charge on any atom is -0.456 e. The molecule has 0 amide bonds. The Kier molecular flexibility index (Phi) is 8.69. The first-order valence-electron chi connectivity index (χ1n) is 22.1. The number of hydrogen-bond donors (Lipinski definition) is 0. The van der Waals surface area contributed by atoms with Gasteiger partial charge in [0.2, 0.25) is 0 Å². The molecular formula is C61H45NO. The predicted molar refractivity (Wildman–Crippen MR) is 264 cm³/mol. The van der Waals surface area contributed by atoms with Crippen LogP contribution in [-0.4, -0.2) is 0 Å². The summed E-state index contributed by atoms with van der Waals surface area (Å²) in [6.07, 6.45) is 3.15. The fourth-order valence-electron chi connectivity index (χ4n) is 10.5. The molecule has 1 heterocycles. The Bertz CT molecular complexity index is 3360. The maximum atomic E-state index is 6.90. The third-order valence-corrected chi connectivity index (χ3v) is 13.7. The van der Waals surface area contributed by atoms with E-state index < -0.39 is 0 Å². The Morgan fingerprint density at radius 1 is 0.444 bits per heavy atom. The highest BCUT2D eigenvalue weighted by Crippen LogP contribution is 2.52. The predicted octanol–water partition coefficient (Wildman–Crippen LogP) is 16.6. The highest BCUT2D eigenvalue weighted by molar-refractivity contribution is 6.13. The van der Waals surface area contributed by atoms with Gasteiger partial charge in [0.1, 0.15) is 11.3 Å². The summed E-state index contributed by atoms with van der Waals surface area (Å²) >= 11 is 0. The molecule has 1 atom stereocenters. The van der Waals surface area contributed by atoms with Crippen LogP contribution in [0.25, 0.3) is 66.8 Å². The van der Waals surface area contributed by atoms with Crippen molar-refractivity contribution in [3.05, 3.63) is 246 Å². The molecule has 2 aliphatic carbocycles. The van der Waals surface area contributed by atoms with E-state index in [1.54, 1.807) is 0 Å². The monoisotopic (exact) mass is 807 g/mol. The zero-order valence-corrected chi connectivity index (χ0v) is 35.4. The highest BCUT2D eigenvalue weighted by Gasteiger charge is 2.36. The molecule has 0 fully saturated rings. The maximum absolute atomic E-state index is 6.90. The second kappa shape index (κ2) is 14.8. The lowest BCUT2D eigenvalue weighted by molar-refractivity contribution is 0.596. The number of allylic oxidation sites excluding steroid dienone is 1. The molecule has 0 aliphatic heterocycles. The molecule has 2 nitrogen and oxygen atoms in total. The first-order chi connectivity index (χ1) is 31.0.